The lowest BCUT2D eigenvalue weighted by molar-refractivity contribution is -0.0103. The van der Waals surface area contributed by atoms with Crippen molar-refractivity contribution in [2.75, 3.05) is 7.05 Å². The Morgan fingerprint density at radius 2 is 1.74 bits per heavy atom. The second-order valence-corrected chi connectivity index (χ2v) is 7.16. The Kier molecular flexibility index (Phi) is 2.53. The van der Waals surface area contributed by atoms with Gasteiger partial charge in [-0.05, 0) is 70.3 Å². The molecule has 4 saturated carbocycles. The van der Waals surface area contributed by atoms with Gasteiger partial charge in [-0.15, -0.1) is 0 Å². The van der Waals surface area contributed by atoms with E-state index in [0.717, 1.165) is 29.5 Å². The van der Waals surface area contributed by atoms with Crippen LogP contribution in [-0.2, 0) is 5.41 Å². The molecule has 0 aliphatic heterocycles. The first-order valence-corrected chi connectivity index (χ1v) is 7.70. The molecule has 1 unspecified atom stereocenters. The Morgan fingerprint density at radius 1 is 1.16 bits per heavy atom. The minimum Gasteiger partial charge on any atom is -0.338 e. The molecule has 0 spiro atoms. The maximum Gasteiger partial charge on any atom is 0.243 e. The van der Waals surface area contributed by atoms with E-state index in [9.17, 15) is 0 Å². The van der Waals surface area contributed by atoms with Gasteiger partial charge in [0.1, 0.15) is 0 Å². The average Bonchev–Trinajstić information content (AvgIpc) is 2.86. The molecule has 4 aliphatic carbocycles. The summed E-state index contributed by atoms with van der Waals surface area (Å²) in [6, 6.07) is 0.148. The Bertz CT molecular complexity index is 446. The van der Waals surface area contributed by atoms with Crippen LogP contribution in [0.15, 0.2) is 4.52 Å². The van der Waals surface area contributed by atoms with E-state index in [1.807, 2.05) is 7.05 Å². The predicted molar refractivity (Wildman–Crippen MR) is 71.6 cm³/mol. The summed E-state index contributed by atoms with van der Waals surface area (Å²) in [5.74, 6) is 4.52. The molecule has 1 heterocycles. The van der Waals surface area contributed by atoms with E-state index in [1.165, 1.54) is 38.5 Å². The molecule has 1 aromatic heterocycles. The summed E-state index contributed by atoms with van der Waals surface area (Å²) in [6.07, 6.45) is 8.26. The molecule has 4 nitrogen and oxygen atoms in total. The van der Waals surface area contributed by atoms with Crippen LogP contribution in [0.4, 0.5) is 0 Å². The van der Waals surface area contributed by atoms with Crippen molar-refractivity contribution in [1.29, 1.82) is 0 Å². The van der Waals surface area contributed by atoms with E-state index >= 15 is 0 Å². The lowest BCUT2D eigenvalue weighted by Gasteiger charge is -2.55. The van der Waals surface area contributed by atoms with Gasteiger partial charge in [-0.3, -0.25) is 0 Å². The number of nitrogens with one attached hydrogen (secondary N) is 1. The van der Waals surface area contributed by atoms with Crippen LogP contribution >= 0.6 is 0 Å². The van der Waals surface area contributed by atoms with Crippen molar-refractivity contribution in [3.8, 4) is 0 Å². The van der Waals surface area contributed by atoms with Gasteiger partial charge in [0.05, 0.1) is 6.04 Å². The van der Waals surface area contributed by atoms with Gasteiger partial charge in [-0.1, -0.05) is 5.16 Å². The Labute approximate surface area is 114 Å². The van der Waals surface area contributed by atoms with Crippen LogP contribution in [0.25, 0.3) is 0 Å². The minimum absolute atomic E-state index is 0.148. The monoisotopic (exact) mass is 261 g/mol. The Hall–Kier alpha value is -0.900. The fourth-order valence-electron chi connectivity index (χ4n) is 5.13. The molecule has 1 atom stereocenters. The van der Waals surface area contributed by atoms with Gasteiger partial charge in [0, 0.05) is 5.41 Å². The highest BCUT2D eigenvalue weighted by atomic mass is 16.5. The molecule has 5 rings (SSSR count). The largest absolute Gasteiger partial charge is 0.338 e. The SMILES string of the molecule is CNC(C)c1nc(C23CC4CC(CC(C4)C2)C3)no1. The van der Waals surface area contributed by atoms with Crippen LogP contribution in [0.1, 0.15) is 63.2 Å². The van der Waals surface area contributed by atoms with Crippen molar-refractivity contribution in [2.45, 2.75) is 56.9 Å². The summed E-state index contributed by atoms with van der Waals surface area (Å²) in [7, 11) is 1.93. The highest BCUT2D eigenvalue weighted by Crippen LogP contribution is 2.60. The molecule has 4 bridgehead atoms. The van der Waals surface area contributed by atoms with Crippen molar-refractivity contribution in [3.05, 3.63) is 11.7 Å². The van der Waals surface area contributed by atoms with Crippen LogP contribution in [-0.4, -0.2) is 17.2 Å². The first-order valence-electron chi connectivity index (χ1n) is 7.70. The topological polar surface area (TPSA) is 51.0 Å². The Balaban J connectivity index is 1.66. The van der Waals surface area contributed by atoms with Gasteiger partial charge in [0.25, 0.3) is 0 Å². The molecule has 1 aromatic rings. The third-order valence-corrected chi connectivity index (χ3v) is 5.76. The standard InChI is InChI=1S/C15H23N3O/c1-9(16-2)13-17-14(18-19-13)15-6-10-3-11(7-15)5-12(4-10)8-15/h9-12,16H,3-8H2,1-2H3. The number of hydrogen-bond acceptors (Lipinski definition) is 4. The lowest BCUT2D eigenvalue weighted by atomic mass is 9.49. The quantitative estimate of drug-likeness (QED) is 0.909. The third-order valence-electron chi connectivity index (χ3n) is 5.76. The zero-order chi connectivity index (χ0) is 13.0. The van der Waals surface area contributed by atoms with Crippen LogP contribution in [0.3, 0.4) is 0 Å². The highest BCUT2D eigenvalue weighted by molar-refractivity contribution is 5.16. The molecule has 4 fully saturated rings. The van der Waals surface area contributed by atoms with E-state index in [2.05, 4.69) is 17.4 Å². The van der Waals surface area contributed by atoms with Gasteiger partial charge in [-0.2, -0.15) is 4.98 Å². The minimum atomic E-state index is 0.148. The second kappa shape index (κ2) is 4.05. The molecular weight excluding hydrogens is 238 g/mol. The zero-order valence-corrected chi connectivity index (χ0v) is 11.9. The number of nitrogens with zero attached hydrogens (tertiary/aromatic N) is 2. The van der Waals surface area contributed by atoms with Crippen molar-refractivity contribution in [3.63, 3.8) is 0 Å². The summed E-state index contributed by atoms with van der Waals surface area (Å²) in [5, 5.41) is 7.52. The molecule has 0 aromatic carbocycles. The van der Waals surface area contributed by atoms with Crippen LogP contribution in [0.5, 0.6) is 0 Å². The third kappa shape index (κ3) is 1.76. The van der Waals surface area contributed by atoms with Gasteiger partial charge in [-0.25, -0.2) is 0 Å². The number of hydrogen-bond donors (Lipinski definition) is 1. The first kappa shape index (κ1) is 11.9. The molecule has 104 valence electrons. The lowest BCUT2D eigenvalue weighted by Crippen LogP contribution is -2.49. The van der Waals surface area contributed by atoms with Crippen molar-refractivity contribution < 1.29 is 4.52 Å². The van der Waals surface area contributed by atoms with Crippen molar-refractivity contribution in [1.82, 2.24) is 15.5 Å². The normalized spacial score (nSPS) is 41.7. The molecule has 4 heteroatoms. The van der Waals surface area contributed by atoms with Crippen LogP contribution in [0.2, 0.25) is 0 Å². The van der Waals surface area contributed by atoms with Crippen LogP contribution in [0, 0.1) is 17.8 Å². The van der Waals surface area contributed by atoms with Gasteiger partial charge < -0.3 is 9.84 Å². The molecule has 0 radical (unpaired) electrons. The first-order chi connectivity index (χ1) is 9.18. The molecular formula is C15H23N3O. The van der Waals surface area contributed by atoms with E-state index in [-0.39, 0.29) is 11.5 Å². The predicted octanol–water partition coefficient (Wildman–Crippen LogP) is 2.82. The van der Waals surface area contributed by atoms with Gasteiger partial charge in [0.15, 0.2) is 5.82 Å². The average molecular weight is 261 g/mol. The zero-order valence-electron chi connectivity index (χ0n) is 11.9. The second-order valence-electron chi connectivity index (χ2n) is 7.16. The van der Waals surface area contributed by atoms with Gasteiger partial charge in [0.2, 0.25) is 5.89 Å². The van der Waals surface area contributed by atoms with E-state index in [0.29, 0.717) is 0 Å². The smallest absolute Gasteiger partial charge is 0.243 e. The molecule has 1 N–H and O–H groups in total. The summed E-state index contributed by atoms with van der Waals surface area (Å²) < 4.78 is 5.48. The van der Waals surface area contributed by atoms with Crippen LogP contribution < -0.4 is 5.32 Å². The fourth-order valence-corrected chi connectivity index (χ4v) is 5.13. The maximum atomic E-state index is 5.48. The number of aromatic nitrogens is 2. The fraction of sp³-hybridized carbons (Fsp3) is 0.867. The summed E-state index contributed by atoms with van der Waals surface area (Å²) >= 11 is 0. The summed E-state index contributed by atoms with van der Waals surface area (Å²) in [4.78, 5) is 4.73. The van der Waals surface area contributed by atoms with Crippen molar-refractivity contribution in [2.24, 2.45) is 17.8 Å². The molecule has 19 heavy (non-hydrogen) atoms. The maximum absolute atomic E-state index is 5.48. The highest BCUT2D eigenvalue weighted by Gasteiger charge is 2.53. The number of rotatable bonds is 3. The van der Waals surface area contributed by atoms with E-state index in [4.69, 9.17) is 9.51 Å². The Morgan fingerprint density at radius 3 is 2.26 bits per heavy atom. The molecule has 4 aliphatic rings. The molecule has 0 amide bonds. The van der Waals surface area contributed by atoms with Gasteiger partial charge >= 0.3 is 0 Å². The van der Waals surface area contributed by atoms with Crippen molar-refractivity contribution >= 4 is 0 Å². The summed E-state index contributed by atoms with van der Waals surface area (Å²) in [6.45, 7) is 2.07. The van der Waals surface area contributed by atoms with E-state index in [1.54, 1.807) is 0 Å². The summed E-state index contributed by atoms with van der Waals surface area (Å²) in [5.41, 5.74) is 0.254. The van der Waals surface area contributed by atoms with E-state index < -0.39 is 0 Å². The molecule has 0 saturated heterocycles.